The molecule has 0 amide bonds. The van der Waals surface area contributed by atoms with Gasteiger partial charge in [-0.3, -0.25) is 4.90 Å². The molecule has 1 nitrogen and oxygen atoms in total. The average molecular weight is 282 g/mol. The Morgan fingerprint density at radius 3 is 2.56 bits per heavy atom. The number of hydrogen-bond donors (Lipinski definition) is 0. The zero-order valence-electron chi connectivity index (χ0n) is 10.1. The molecule has 1 aliphatic rings. The lowest BCUT2D eigenvalue weighted by molar-refractivity contribution is 0.122. The molecule has 0 saturated carbocycles. The number of halogens is 1. The predicted octanol–water partition coefficient (Wildman–Crippen LogP) is 4.07. The quantitative estimate of drug-likeness (QED) is 0.790. The van der Waals surface area contributed by atoms with Crippen molar-refractivity contribution < 1.29 is 0 Å². The number of piperidine rings is 1. The van der Waals surface area contributed by atoms with Crippen molar-refractivity contribution in [1.29, 1.82) is 0 Å². The van der Waals surface area contributed by atoms with Crippen LogP contribution in [0.5, 0.6) is 0 Å². The van der Waals surface area contributed by atoms with Crippen molar-refractivity contribution in [3.05, 3.63) is 34.3 Å². The highest BCUT2D eigenvalue weighted by Gasteiger charge is 2.22. The first-order valence-corrected chi connectivity index (χ1v) is 6.93. The lowest BCUT2D eigenvalue weighted by Gasteiger charge is -2.36. The van der Waals surface area contributed by atoms with E-state index in [0.717, 1.165) is 23.0 Å². The van der Waals surface area contributed by atoms with Gasteiger partial charge in [0.15, 0.2) is 0 Å². The molecule has 1 aromatic rings. The van der Waals surface area contributed by atoms with Crippen LogP contribution in [0.25, 0.3) is 0 Å². The van der Waals surface area contributed by atoms with E-state index in [2.05, 4.69) is 58.9 Å². The Morgan fingerprint density at radius 1 is 1.25 bits per heavy atom. The van der Waals surface area contributed by atoms with Crippen molar-refractivity contribution in [1.82, 2.24) is 4.90 Å². The molecule has 2 unspecified atom stereocenters. The summed E-state index contributed by atoms with van der Waals surface area (Å²) in [7, 11) is 0. The first kappa shape index (κ1) is 12.1. The van der Waals surface area contributed by atoms with E-state index in [4.69, 9.17) is 0 Å². The molecule has 1 heterocycles. The maximum absolute atomic E-state index is 3.48. The van der Waals surface area contributed by atoms with Crippen LogP contribution >= 0.6 is 15.9 Å². The van der Waals surface area contributed by atoms with Crippen LogP contribution in [0.4, 0.5) is 0 Å². The lowest BCUT2D eigenvalue weighted by Crippen LogP contribution is -2.39. The van der Waals surface area contributed by atoms with E-state index < -0.39 is 0 Å². The molecule has 0 bridgehead atoms. The standard InChI is InChI=1S/C14H20BrN/c1-11-7-8-16(12(2)9-11)10-13-3-5-14(15)6-4-13/h3-6,11-12H,7-10H2,1-2H3. The van der Waals surface area contributed by atoms with Crippen molar-refractivity contribution in [2.45, 2.75) is 39.3 Å². The first-order chi connectivity index (χ1) is 7.65. The van der Waals surface area contributed by atoms with Crippen LogP contribution in [0.2, 0.25) is 0 Å². The summed E-state index contributed by atoms with van der Waals surface area (Å²) in [5.41, 5.74) is 1.42. The van der Waals surface area contributed by atoms with Gasteiger partial charge in [0.1, 0.15) is 0 Å². The van der Waals surface area contributed by atoms with Gasteiger partial charge in [-0.1, -0.05) is 35.0 Å². The molecule has 1 saturated heterocycles. The van der Waals surface area contributed by atoms with E-state index in [0.29, 0.717) is 0 Å². The van der Waals surface area contributed by atoms with E-state index in [-0.39, 0.29) is 0 Å². The summed E-state index contributed by atoms with van der Waals surface area (Å²) in [5.74, 6) is 0.899. The fraction of sp³-hybridized carbons (Fsp3) is 0.571. The molecular formula is C14H20BrN. The molecule has 0 spiro atoms. The Labute approximate surface area is 107 Å². The molecule has 0 aliphatic carbocycles. The lowest BCUT2D eigenvalue weighted by atomic mass is 9.93. The van der Waals surface area contributed by atoms with Crippen LogP contribution in [0.1, 0.15) is 32.3 Å². The number of nitrogens with zero attached hydrogens (tertiary/aromatic N) is 1. The zero-order valence-corrected chi connectivity index (χ0v) is 11.7. The second-order valence-corrected chi connectivity index (χ2v) is 5.99. The summed E-state index contributed by atoms with van der Waals surface area (Å²) in [6, 6.07) is 9.43. The SMILES string of the molecule is CC1CCN(Cc2ccc(Br)cc2)C(C)C1. The van der Waals surface area contributed by atoms with Crippen LogP contribution < -0.4 is 0 Å². The number of benzene rings is 1. The molecule has 1 fully saturated rings. The Kier molecular flexibility index (Phi) is 4.04. The molecule has 2 rings (SSSR count). The largest absolute Gasteiger partial charge is 0.296 e. The third-order valence-electron chi connectivity index (χ3n) is 3.57. The van der Waals surface area contributed by atoms with E-state index >= 15 is 0 Å². The van der Waals surface area contributed by atoms with Gasteiger partial charge >= 0.3 is 0 Å². The van der Waals surface area contributed by atoms with Crippen molar-refractivity contribution in [3.63, 3.8) is 0 Å². The second kappa shape index (κ2) is 5.33. The Hall–Kier alpha value is -0.340. The molecule has 2 heteroatoms. The summed E-state index contributed by atoms with van der Waals surface area (Å²) < 4.78 is 1.16. The zero-order chi connectivity index (χ0) is 11.5. The highest BCUT2D eigenvalue weighted by atomic mass is 79.9. The first-order valence-electron chi connectivity index (χ1n) is 6.13. The van der Waals surface area contributed by atoms with Crippen molar-refractivity contribution in [2.24, 2.45) is 5.92 Å². The van der Waals surface area contributed by atoms with Crippen LogP contribution in [-0.4, -0.2) is 17.5 Å². The molecule has 2 atom stereocenters. The smallest absolute Gasteiger partial charge is 0.0236 e. The van der Waals surface area contributed by atoms with Crippen molar-refractivity contribution in [3.8, 4) is 0 Å². The normalized spacial score (nSPS) is 26.9. The molecular weight excluding hydrogens is 262 g/mol. The molecule has 1 aromatic carbocycles. The highest BCUT2D eigenvalue weighted by Crippen LogP contribution is 2.24. The van der Waals surface area contributed by atoms with Crippen molar-refractivity contribution in [2.75, 3.05) is 6.54 Å². The summed E-state index contributed by atoms with van der Waals surface area (Å²) in [5, 5.41) is 0. The molecule has 0 aromatic heterocycles. The topological polar surface area (TPSA) is 3.24 Å². The maximum atomic E-state index is 3.48. The van der Waals surface area contributed by atoms with Crippen LogP contribution in [0, 0.1) is 5.92 Å². The van der Waals surface area contributed by atoms with E-state index in [1.54, 1.807) is 0 Å². The summed E-state index contributed by atoms with van der Waals surface area (Å²) >= 11 is 3.48. The minimum atomic E-state index is 0.729. The van der Waals surface area contributed by atoms with Gasteiger partial charge in [-0.05, 0) is 49.9 Å². The average Bonchev–Trinajstić information content (AvgIpc) is 2.25. The second-order valence-electron chi connectivity index (χ2n) is 5.08. The molecule has 1 aliphatic heterocycles. The van der Waals surface area contributed by atoms with Gasteiger partial charge in [0.25, 0.3) is 0 Å². The van der Waals surface area contributed by atoms with Crippen molar-refractivity contribution >= 4 is 15.9 Å². The van der Waals surface area contributed by atoms with Crippen LogP contribution in [0.3, 0.4) is 0 Å². The fourth-order valence-electron chi connectivity index (χ4n) is 2.52. The summed E-state index contributed by atoms with van der Waals surface area (Å²) in [6.07, 6.45) is 2.69. The molecule has 88 valence electrons. The Morgan fingerprint density at radius 2 is 1.94 bits per heavy atom. The van der Waals surface area contributed by atoms with Gasteiger partial charge in [0.2, 0.25) is 0 Å². The molecule has 0 N–H and O–H groups in total. The monoisotopic (exact) mass is 281 g/mol. The number of rotatable bonds is 2. The highest BCUT2D eigenvalue weighted by molar-refractivity contribution is 9.10. The fourth-order valence-corrected chi connectivity index (χ4v) is 2.78. The third kappa shape index (κ3) is 3.08. The Balaban J connectivity index is 1.96. The molecule has 16 heavy (non-hydrogen) atoms. The van der Waals surface area contributed by atoms with Gasteiger partial charge in [0.05, 0.1) is 0 Å². The third-order valence-corrected chi connectivity index (χ3v) is 4.10. The van der Waals surface area contributed by atoms with Gasteiger partial charge in [0, 0.05) is 17.1 Å². The minimum absolute atomic E-state index is 0.729. The van der Waals surface area contributed by atoms with Crippen LogP contribution in [0.15, 0.2) is 28.7 Å². The van der Waals surface area contributed by atoms with E-state index in [1.807, 2.05) is 0 Å². The number of likely N-dealkylation sites (tertiary alicyclic amines) is 1. The number of hydrogen-bond acceptors (Lipinski definition) is 1. The van der Waals surface area contributed by atoms with Gasteiger partial charge in [-0.2, -0.15) is 0 Å². The predicted molar refractivity (Wildman–Crippen MR) is 72.4 cm³/mol. The Bertz CT molecular complexity index is 333. The summed E-state index contributed by atoms with van der Waals surface area (Å²) in [4.78, 5) is 2.60. The maximum Gasteiger partial charge on any atom is 0.0236 e. The summed E-state index contributed by atoms with van der Waals surface area (Å²) in [6.45, 7) is 7.07. The van der Waals surface area contributed by atoms with E-state index in [9.17, 15) is 0 Å². The van der Waals surface area contributed by atoms with Crippen LogP contribution in [-0.2, 0) is 6.54 Å². The van der Waals surface area contributed by atoms with Gasteiger partial charge in [-0.15, -0.1) is 0 Å². The minimum Gasteiger partial charge on any atom is -0.296 e. The van der Waals surface area contributed by atoms with Gasteiger partial charge < -0.3 is 0 Å². The van der Waals surface area contributed by atoms with E-state index in [1.165, 1.54) is 24.9 Å². The molecule has 0 radical (unpaired) electrons. The van der Waals surface area contributed by atoms with Gasteiger partial charge in [-0.25, -0.2) is 0 Å².